The molecule has 5 aromatic rings. The number of ether oxygens (including phenoxy) is 1. The van der Waals surface area contributed by atoms with Crippen molar-refractivity contribution in [3.63, 3.8) is 0 Å². The lowest BCUT2D eigenvalue weighted by Crippen LogP contribution is -2.46. The predicted molar refractivity (Wildman–Crippen MR) is 197 cm³/mol. The van der Waals surface area contributed by atoms with Crippen molar-refractivity contribution in [2.45, 2.75) is 19.4 Å². The van der Waals surface area contributed by atoms with Crippen molar-refractivity contribution in [1.82, 2.24) is 14.9 Å². The van der Waals surface area contributed by atoms with Crippen LogP contribution in [-0.2, 0) is 11.3 Å². The van der Waals surface area contributed by atoms with E-state index in [1.807, 2.05) is 24.3 Å². The smallest absolute Gasteiger partial charge is 0.318 e. The number of hydrogen-bond acceptors (Lipinski definition) is 9. The summed E-state index contributed by atoms with van der Waals surface area (Å²) in [5, 5.41) is 19.4. The van der Waals surface area contributed by atoms with Gasteiger partial charge in [-0.3, -0.25) is 19.8 Å². The Labute approximate surface area is 295 Å². The van der Waals surface area contributed by atoms with E-state index in [9.17, 15) is 14.9 Å². The third-order valence-corrected chi connectivity index (χ3v) is 9.80. The van der Waals surface area contributed by atoms with Gasteiger partial charge in [-0.05, 0) is 84.0 Å². The highest BCUT2D eigenvalue weighted by atomic mass is 35.5. The summed E-state index contributed by atoms with van der Waals surface area (Å²) in [6.07, 6.45) is 3.06. The van der Waals surface area contributed by atoms with Gasteiger partial charge in [-0.25, -0.2) is 9.97 Å². The number of piperazine rings is 1. The standard InChI is InChI=1S/C38H38ClN7O4/c39-30-9-5-27(6-10-30)32-4-2-1-3-29(32)24-44-17-19-45(20-18-44)31-11-7-28(8-12-31)38(47)43-37-33-13-14-34(40-23-26-15-21-50-22-16-26)36(46(48)49)35(33)41-25-42-37/h1-14,25-26,40H,15-24H2,(H,41,42,43,47). The summed E-state index contributed by atoms with van der Waals surface area (Å²) in [4.78, 5) is 38.3. The Morgan fingerprint density at radius 3 is 2.40 bits per heavy atom. The van der Waals surface area contributed by atoms with Gasteiger partial charge in [0.05, 0.1) is 10.3 Å². The fourth-order valence-corrected chi connectivity index (χ4v) is 6.85. The number of halogens is 1. The Hall–Kier alpha value is -5.10. The number of nitro benzene ring substituents is 1. The van der Waals surface area contributed by atoms with E-state index < -0.39 is 4.92 Å². The lowest BCUT2D eigenvalue weighted by atomic mass is 9.99. The number of amides is 1. The first-order valence-electron chi connectivity index (χ1n) is 16.9. The fourth-order valence-electron chi connectivity index (χ4n) is 6.72. The highest BCUT2D eigenvalue weighted by Crippen LogP contribution is 2.35. The number of aromatic nitrogens is 2. The minimum atomic E-state index is -0.438. The van der Waals surface area contributed by atoms with Gasteiger partial charge in [0.15, 0.2) is 5.52 Å². The van der Waals surface area contributed by atoms with Crippen molar-refractivity contribution >= 4 is 51.3 Å². The average Bonchev–Trinajstić information content (AvgIpc) is 3.15. The molecule has 0 aliphatic carbocycles. The van der Waals surface area contributed by atoms with Gasteiger partial charge in [0.2, 0.25) is 0 Å². The van der Waals surface area contributed by atoms with Gasteiger partial charge < -0.3 is 20.3 Å². The van der Waals surface area contributed by atoms with Crippen LogP contribution >= 0.6 is 11.6 Å². The molecule has 0 radical (unpaired) electrons. The second-order valence-corrected chi connectivity index (χ2v) is 13.1. The number of nitrogens with zero attached hydrogens (tertiary/aromatic N) is 5. The quantitative estimate of drug-likeness (QED) is 0.115. The lowest BCUT2D eigenvalue weighted by Gasteiger charge is -2.36. The zero-order valence-corrected chi connectivity index (χ0v) is 28.3. The van der Waals surface area contributed by atoms with Crippen LogP contribution in [0, 0.1) is 16.0 Å². The summed E-state index contributed by atoms with van der Waals surface area (Å²) in [6.45, 7) is 6.43. The summed E-state index contributed by atoms with van der Waals surface area (Å²) in [5.74, 6) is 0.242. The van der Waals surface area contributed by atoms with Gasteiger partial charge in [0, 0.05) is 68.8 Å². The highest BCUT2D eigenvalue weighted by Gasteiger charge is 2.24. The molecule has 2 aliphatic heterocycles. The summed E-state index contributed by atoms with van der Waals surface area (Å²) in [6, 6.07) is 27.4. The van der Waals surface area contributed by atoms with Crippen molar-refractivity contribution in [3.05, 3.63) is 118 Å². The Morgan fingerprint density at radius 2 is 1.66 bits per heavy atom. The third kappa shape index (κ3) is 7.55. The molecule has 2 fully saturated rings. The van der Waals surface area contributed by atoms with Crippen molar-refractivity contribution in [1.29, 1.82) is 0 Å². The zero-order chi connectivity index (χ0) is 34.5. The topological polar surface area (TPSA) is 126 Å². The number of fused-ring (bicyclic) bond motifs is 1. The summed E-state index contributed by atoms with van der Waals surface area (Å²) >= 11 is 6.12. The first-order valence-corrected chi connectivity index (χ1v) is 17.3. The highest BCUT2D eigenvalue weighted by molar-refractivity contribution is 6.30. The maximum atomic E-state index is 13.3. The first-order chi connectivity index (χ1) is 24.4. The Kier molecular flexibility index (Phi) is 10.2. The molecule has 50 heavy (non-hydrogen) atoms. The Morgan fingerprint density at radius 1 is 0.920 bits per heavy atom. The molecule has 0 atom stereocenters. The van der Waals surface area contributed by atoms with Gasteiger partial charge in [0.1, 0.15) is 17.8 Å². The molecule has 4 aromatic carbocycles. The predicted octanol–water partition coefficient (Wildman–Crippen LogP) is 7.27. The molecule has 2 aliphatic rings. The second kappa shape index (κ2) is 15.2. The van der Waals surface area contributed by atoms with Crippen molar-refractivity contribution in [2.24, 2.45) is 5.92 Å². The van der Waals surface area contributed by atoms with E-state index >= 15 is 0 Å². The van der Waals surface area contributed by atoms with E-state index in [1.165, 1.54) is 17.5 Å². The maximum absolute atomic E-state index is 13.3. The van der Waals surface area contributed by atoms with Crippen LogP contribution in [0.25, 0.3) is 22.0 Å². The molecule has 0 saturated carbocycles. The van der Waals surface area contributed by atoms with Crippen molar-refractivity contribution in [2.75, 3.05) is 61.5 Å². The van der Waals surface area contributed by atoms with Gasteiger partial charge in [-0.2, -0.15) is 0 Å². The number of hydrogen-bond donors (Lipinski definition) is 2. The number of anilines is 3. The van der Waals surface area contributed by atoms with E-state index in [2.05, 4.69) is 66.8 Å². The number of nitro groups is 1. The minimum Gasteiger partial charge on any atom is -0.381 e. The Balaban J connectivity index is 0.980. The largest absolute Gasteiger partial charge is 0.381 e. The van der Waals surface area contributed by atoms with Crippen LogP contribution in [0.1, 0.15) is 28.8 Å². The summed E-state index contributed by atoms with van der Waals surface area (Å²) in [7, 11) is 0. The molecule has 2 N–H and O–H groups in total. The molecule has 256 valence electrons. The van der Waals surface area contributed by atoms with E-state index in [0.717, 1.165) is 61.8 Å². The van der Waals surface area contributed by atoms with Crippen LogP contribution in [0.2, 0.25) is 5.02 Å². The number of nitrogens with one attached hydrogen (secondary N) is 2. The zero-order valence-electron chi connectivity index (χ0n) is 27.6. The molecule has 0 bridgehead atoms. The SMILES string of the molecule is O=C(Nc1ncnc2c([N+](=O)[O-])c(NCC3CCOCC3)ccc12)c1ccc(N2CCN(Cc3ccccc3-c3ccc(Cl)cc3)CC2)cc1. The average molecular weight is 692 g/mol. The molecule has 7 rings (SSSR count). The van der Waals surface area contributed by atoms with Gasteiger partial charge in [-0.15, -0.1) is 0 Å². The maximum Gasteiger partial charge on any atom is 0.318 e. The van der Waals surface area contributed by atoms with E-state index in [1.54, 1.807) is 24.3 Å². The van der Waals surface area contributed by atoms with Crippen molar-refractivity contribution in [3.8, 4) is 11.1 Å². The first kappa shape index (κ1) is 33.4. The van der Waals surface area contributed by atoms with Crippen LogP contribution in [0.5, 0.6) is 0 Å². The number of carbonyl (C=O) groups is 1. The number of rotatable bonds is 10. The van der Waals surface area contributed by atoms with Crippen LogP contribution < -0.4 is 15.5 Å². The molecule has 1 aromatic heterocycles. The van der Waals surface area contributed by atoms with Gasteiger partial charge in [0.25, 0.3) is 5.91 Å². The van der Waals surface area contributed by atoms with E-state index in [0.29, 0.717) is 42.3 Å². The van der Waals surface area contributed by atoms with Gasteiger partial charge >= 0.3 is 5.69 Å². The molecule has 1 amide bonds. The van der Waals surface area contributed by atoms with Crippen LogP contribution in [0.15, 0.2) is 91.3 Å². The minimum absolute atomic E-state index is 0.136. The Bertz CT molecular complexity index is 1980. The molecule has 0 spiro atoms. The monoisotopic (exact) mass is 691 g/mol. The van der Waals surface area contributed by atoms with Crippen LogP contribution in [0.3, 0.4) is 0 Å². The summed E-state index contributed by atoms with van der Waals surface area (Å²) in [5.41, 5.74) is 5.59. The van der Waals surface area contributed by atoms with Crippen molar-refractivity contribution < 1.29 is 14.5 Å². The third-order valence-electron chi connectivity index (χ3n) is 9.55. The second-order valence-electron chi connectivity index (χ2n) is 12.7. The number of benzene rings is 4. The molecule has 12 heteroatoms. The van der Waals surface area contributed by atoms with E-state index in [4.69, 9.17) is 16.3 Å². The molecule has 0 unspecified atom stereocenters. The molecule has 2 saturated heterocycles. The fraction of sp³-hybridized carbons (Fsp3) is 0.289. The molecule has 11 nitrogen and oxygen atoms in total. The van der Waals surface area contributed by atoms with Gasteiger partial charge in [-0.1, -0.05) is 48.0 Å². The van der Waals surface area contributed by atoms with E-state index in [-0.39, 0.29) is 22.9 Å². The molecule has 3 heterocycles. The molecular weight excluding hydrogens is 654 g/mol. The normalized spacial score (nSPS) is 15.6. The van der Waals surface area contributed by atoms with Crippen LogP contribution in [0.4, 0.5) is 22.9 Å². The molecular formula is C38H38ClN7O4. The lowest BCUT2D eigenvalue weighted by molar-refractivity contribution is -0.382. The summed E-state index contributed by atoms with van der Waals surface area (Å²) < 4.78 is 5.42. The number of carbonyl (C=O) groups excluding carboxylic acids is 1. The van der Waals surface area contributed by atoms with Crippen LogP contribution in [-0.4, -0.2) is 71.6 Å².